The van der Waals surface area contributed by atoms with Crippen LogP contribution in [0.25, 0.3) is 0 Å². The zero-order valence-electron chi connectivity index (χ0n) is 9.27. The monoisotopic (exact) mass is 229 g/mol. The zero-order valence-corrected chi connectivity index (χ0v) is 10.0. The third-order valence-electron chi connectivity index (χ3n) is 1.86. The minimum atomic E-state index is 0.254. The fraction of sp³-hybridized carbons (Fsp3) is 0.600. The first-order chi connectivity index (χ1) is 7.09. The van der Waals surface area contributed by atoms with Crippen LogP contribution in [0.1, 0.15) is 13.8 Å². The van der Waals surface area contributed by atoms with Crippen LogP contribution < -0.4 is 4.90 Å². The third kappa shape index (κ3) is 4.44. The summed E-state index contributed by atoms with van der Waals surface area (Å²) >= 11 is 5.74. The summed E-state index contributed by atoms with van der Waals surface area (Å²) in [6.07, 6.45) is 3.45. The van der Waals surface area contributed by atoms with Crippen LogP contribution in [-0.2, 0) is 4.74 Å². The van der Waals surface area contributed by atoms with Crippen molar-refractivity contribution in [3.63, 3.8) is 0 Å². The van der Waals surface area contributed by atoms with Crippen LogP contribution in [0.5, 0.6) is 0 Å². The Labute approximate surface area is 95.2 Å². The summed E-state index contributed by atoms with van der Waals surface area (Å²) in [4.78, 5) is 10.1. The molecule has 0 fully saturated rings. The second-order valence-electron chi connectivity index (χ2n) is 3.54. The van der Waals surface area contributed by atoms with E-state index in [2.05, 4.69) is 9.97 Å². The van der Waals surface area contributed by atoms with E-state index in [1.807, 2.05) is 25.8 Å². The first kappa shape index (κ1) is 12.2. The smallest absolute Gasteiger partial charge is 0.149 e. The number of halogens is 1. The molecular weight excluding hydrogens is 214 g/mol. The van der Waals surface area contributed by atoms with E-state index in [0.717, 1.165) is 12.4 Å². The molecule has 1 heterocycles. The van der Waals surface area contributed by atoms with Gasteiger partial charge in [0.05, 0.1) is 25.1 Å². The Balaban J connectivity index is 2.43. The number of nitrogens with zero attached hydrogens (tertiary/aromatic N) is 3. The van der Waals surface area contributed by atoms with E-state index >= 15 is 0 Å². The van der Waals surface area contributed by atoms with Crippen molar-refractivity contribution in [2.24, 2.45) is 0 Å². The largest absolute Gasteiger partial charge is 0.377 e. The van der Waals surface area contributed by atoms with Gasteiger partial charge in [0.1, 0.15) is 11.0 Å². The number of anilines is 1. The van der Waals surface area contributed by atoms with Gasteiger partial charge in [-0.15, -0.1) is 0 Å². The molecule has 0 aromatic carbocycles. The lowest BCUT2D eigenvalue weighted by Gasteiger charge is -2.18. The predicted octanol–water partition coefficient (Wildman–Crippen LogP) is 1.99. The van der Waals surface area contributed by atoms with Crippen molar-refractivity contribution in [2.75, 3.05) is 25.1 Å². The maximum atomic E-state index is 5.74. The Morgan fingerprint density at radius 1 is 1.47 bits per heavy atom. The molecule has 0 saturated heterocycles. The van der Waals surface area contributed by atoms with Crippen LogP contribution in [0, 0.1) is 0 Å². The van der Waals surface area contributed by atoms with Gasteiger partial charge in [-0.2, -0.15) is 0 Å². The van der Waals surface area contributed by atoms with Gasteiger partial charge in [0.2, 0.25) is 0 Å². The van der Waals surface area contributed by atoms with Gasteiger partial charge >= 0.3 is 0 Å². The Hall–Kier alpha value is -0.870. The van der Waals surface area contributed by atoms with Crippen LogP contribution in [0.2, 0.25) is 5.15 Å². The SMILES string of the molecule is CC(C)OCCN(C)c1cncc(Cl)n1. The molecule has 0 saturated carbocycles. The molecule has 0 atom stereocenters. The molecule has 1 aromatic rings. The molecule has 5 heteroatoms. The standard InChI is InChI=1S/C10H16ClN3O/c1-8(2)15-5-4-14(3)10-7-12-6-9(11)13-10/h6-8H,4-5H2,1-3H3. The molecular formula is C10H16ClN3O. The summed E-state index contributed by atoms with van der Waals surface area (Å²) < 4.78 is 5.44. The highest BCUT2D eigenvalue weighted by atomic mass is 35.5. The molecule has 0 aliphatic rings. The molecule has 0 unspecified atom stereocenters. The first-order valence-electron chi connectivity index (χ1n) is 4.90. The summed E-state index contributed by atoms with van der Waals surface area (Å²) in [5.41, 5.74) is 0. The maximum Gasteiger partial charge on any atom is 0.149 e. The van der Waals surface area contributed by atoms with Gasteiger partial charge in [-0.3, -0.25) is 4.98 Å². The Morgan fingerprint density at radius 2 is 2.20 bits per heavy atom. The van der Waals surface area contributed by atoms with Crippen molar-refractivity contribution < 1.29 is 4.74 Å². The van der Waals surface area contributed by atoms with Gasteiger partial charge in [0.25, 0.3) is 0 Å². The van der Waals surface area contributed by atoms with Gasteiger partial charge in [-0.25, -0.2) is 4.98 Å². The highest BCUT2D eigenvalue weighted by Gasteiger charge is 2.03. The van der Waals surface area contributed by atoms with Crippen molar-refractivity contribution in [3.8, 4) is 0 Å². The Bertz CT molecular complexity index is 306. The molecule has 1 aromatic heterocycles. The van der Waals surface area contributed by atoms with E-state index in [0.29, 0.717) is 11.8 Å². The van der Waals surface area contributed by atoms with Crippen molar-refractivity contribution in [1.82, 2.24) is 9.97 Å². The van der Waals surface area contributed by atoms with Gasteiger partial charge in [-0.1, -0.05) is 11.6 Å². The predicted molar refractivity (Wildman–Crippen MR) is 61.4 cm³/mol. The van der Waals surface area contributed by atoms with E-state index in [1.54, 1.807) is 6.20 Å². The fourth-order valence-electron chi connectivity index (χ4n) is 1.06. The second kappa shape index (κ2) is 5.88. The molecule has 0 aliphatic carbocycles. The molecule has 0 bridgehead atoms. The highest BCUT2D eigenvalue weighted by Crippen LogP contribution is 2.10. The van der Waals surface area contributed by atoms with Gasteiger partial charge in [0.15, 0.2) is 0 Å². The molecule has 0 N–H and O–H groups in total. The maximum absolute atomic E-state index is 5.74. The summed E-state index contributed by atoms with van der Waals surface area (Å²) in [6, 6.07) is 0. The number of rotatable bonds is 5. The summed E-state index contributed by atoms with van der Waals surface area (Å²) in [6.45, 7) is 5.47. The molecule has 0 aliphatic heterocycles. The number of aromatic nitrogens is 2. The van der Waals surface area contributed by atoms with E-state index < -0.39 is 0 Å². The van der Waals surface area contributed by atoms with Crippen LogP contribution in [0.15, 0.2) is 12.4 Å². The number of hydrogen-bond acceptors (Lipinski definition) is 4. The zero-order chi connectivity index (χ0) is 11.3. The number of likely N-dealkylation sites (N-methyl/N-ethyl adjacent to an activating group) is 1. The summed E-state index contributed by atoms with van der Waals surface area (Å²) in [7, 11) is 1.93. The Morgan fingerprint density at radius 3 is 2.80 bits per heavy atom. The van der Waals surface area contributed by atoms with E-state index in [4.69, 9.17) is 16.3 Å². The number of hydrogen-bond donors (Lipinski definition) is 0. The van der Waals surface area contributed by atoms with E-state index in [1.165, 1.54) is 6.20 Å². The lowest BCUT2D eigenvalue weighted by atomic mass is 10.5. The normalized spacial score (nSPS) is 10.7. The van der Waals surface area contributed by atoms with Crippen molar-refractivity contribution >= 4 is 17.4 Å². The highest BCUT2D eigenvalue weighted by molar-refractivity contribution is 6.29. The summed E-state index contributed by atoms with van der Waals surface area (Å²) in [5, 5.41) is 0.407. The van der Waals surface area contributed by atoms with Crippen LogP contribution in [-0.4, -0.2) is 36.3 Å². The molecule has 15 heavy (non-hydrogen) atoms. The lowest BCUT2D eigenvalue weighted by molar-refractivity contribution is 0.0845. The Kier molecular flexibility index (Phi) is 4.78. The number of ether oxygens (including phenoxy) is 1. The second-order valence-corrected chi connectivity index (χ2v) is 3.93. The molecule has 4 nitrogen and oxygen atoms in total. The molecule has 1 rings (SSSR count). The van der Waals surface area contributed by atoms with Crippen molar-refractivity contribution in [3.05, 3.63) is 17.5 Å². The van der Waals surface area contributed by atoms with Crippen molar-refractivity contribution in [1.29, 1.82) is 0 Å². The molecule has 0 amide bonds. The molecule has 84 valence electrons. The minimum Gasteiger partial charge on any atom is -0.377 e. The summed E-state index contributed by atoms with van der Waals surface area (Å²) in [5.74, 6) is 0.759. The van der Waals surface area contributed by atoms with Crippen LogP contribution >= 0.6 is 11.6 Å². The molecule has 0 spiro atoms. The van der Waals surface area contributed by atoms with E-state index in [-0.39, 0.29) is 6.10 Å². The minimum absolute atomic E-state index is 0.254. The fourth-order valence-corrected chi connectivity index (χ4v) is 1.20. The van der Waals surface area contributed by atoms with Gasteiger partial charge < -0.3 is 9.64 Å². The third-order valence-corrected chi connectivity index (χ3v) is 2.04. The van der Waals surface area contributed by atoms with Gasteiger partial charge in [-0.05, 0) is 13.8 Å². The average Bonchev–Trinajstić information content (AvgIpc) is 2.17. The quantitative estimate of drug-likeness (QED) is 0.774. The van der Waals surface area contributed by atoms with Crippen molar-refractivity contribution in [2.45, 2.75) is 20.0 Å². The average molecular weight is 230 g/mol. The van der Waals surface area contributed by atoms with Crippen LogP contribution in [0.3, 0.4) is 0 Å². The topological polar surface area (TPSA) is 38.2 Å². The lowest BCUT2D eigenvalue weighted by Crippen LogP contribution is -2.24. The molecule has 0 radical (unpaired) electrons. The van der Waals surface area contributed by atoms with Crippen LogP contribution in [0.4, 0.5) is 5.82 Å². The van der Waals surface area contributed by atoms with Gasteiger partial charge in [0, 0.05) is 13.6 Å². The first-order valence-corrected chi connectivity index (χ1v) is 5.27. The van der Waals surface area contributed by atoms with E-state index in [9.17, 15) is 0 Å².